The number of nitrogens with zero attached hydrogens (tertiary/aromatic N) is 1. The largest absolute Gasteiger partial charge is 0.492 e. The van der Waals surface area contributed by atoms with Gasteiger partial charge < -0.3 is 10.1 Å². The Morgan fingerprint density at radius 2 is 1.93 bits per heavy atom. The Kier molecular flexibility index (Phi) is 7.71. The minimum atomic E-state index is -3.52. The zero-order chi connectivity index (χ0) is 20.7. The fraction of sp³-hybridized carbons (Fsp3) is 0.350. The predicted octanol–water partition coefficient (Wildman–Crippen LogP) is 4.23. The molecule has 0 spiro atoms. The minimum Gasteiger partial charge on any atom is -0.492 e. The number of benzene rings is 2. The molecule has 0 bridgehead atoms. The van der Waals surface area contributed by atoms with E-state index in [0.29, 0.717) is 35.2 Å². The number of anilines is 2. The first-order valence-electron chi connectivity index (χ1n) is 8.98. The molecule has 2 aromatic carbocycles. The topological polar surface area (TPSA) is 75.7 Å². The summed E-state index contributed by atoms with van der Waals surface area (Å²) in [5, 5.41) is 3.36. The van der Waals surface area contributed by atoms with Gasteiger partial charge in [0.15, 0.2) is 0 Å². The highest BCUT2D eigenvalue weighted by atomic mass is 35.5. The molecule has 0 aromatic heterocycles. The van der Waals surface area contributed by atoms with Crippen LogP contribution in [0.25, 0.3) is 0 Å². The third kappa shape index (κ3) is 6.14. The molecule has 0 aliphatic carbocycles. The fourth-order valence-corrected chi connectivity index (χ4v) is 3.87. The summed E-state index contributed by atoms with van der Waals surface area (Å²) in [6, 6.07) is 12.2. The molecule has 152 valence electrons. The van der Waals surface area contributed by atoms with Crippen molar-refractivity contribution in [2.45, 2.75) is 26.7 Å². The van der Waals surface area contributed by atoms with Crippen LogP contribution in [-0.2, 0) is 14.8 Å². The number of ether oxygens (including phenoxy) is 1. The monoisotopic (exact) mass is 424 g/mol. The van der Waals surface area contributed by atoms with Crippen LogP contribution in [-0.4, -0.2) is 33.7 Å². The van der Waals surface area contributed by atoms with Crippen molar-refractivity contribution in [3.05, 3.63) is 53.1 Å². The van der Waals surface area contributed by atoms with Crippen LogP contribution in [0.15, 0.2) is 42.5 Å². The second kappa shape index (κ2) is 9.80. The van der Waals surface area contributed by atoms with Crippen molar-refractivity contribution in [3.8, 4) is 5.75 Å². The van der Waals surface area contributed by atoms with Crippen LogP contribution in [0.5, 0.6) is 5.75 Å². The average molecular weight is 425 g/mol. The van der Waals surface area contributed by atoms with E-state index in [4.69, 9.17) is 16.3 Å². The summed E-state index contributed by atoms with van der Waals surface area (Å²) in [5.74, 6) is 0.298. The number of hydrogen-bond donors (Lipinski definition) is 1. The maximum Gasteiger partial charge on any atom is 0.232 e. The summed E-state index contributed by atoms with van der Waals surface area (Å²) in [6.07, 6.45) is 1.68. The Balaban J connectivity index is 2.05. The first kappa shape index (κ1) is 22.0. The zero-order valence-electron chi connectivity index (χ0n) is 16.2. The lowest BCUT2D eigenvalue weighted by atomic mass is 10.2. The van der Waals surface area contributed by atoms with Gasteiger partial charge in [-0.15, -0.1) is 0 Å². The number of amides is 1. The maximum absolute atomic E-state index is 12.3. The number of para-hydroxylation sites is 2. The van der Waals surface area contributed by atoms with Gasteiger partial charge in [0.2, 0.25) is 15.9 Å². The van der Waals surface area contributed by atoms with Crippen LogP contribution in [0.3, 0.4) is 0 Å². The minimum absolute atomic E-state index is 0.171. The molecule has 0 unspecified atom stereocenters. The van der Waals surface area contributed by atoms with E-state index >= 15 is 0 Å². The summed E-state index contributed by atoms with van der Waals surface area (Å²) < 4.78 is 31.4. The SMILES string of the molecule is CCOc1ccccc1N(CCCC(=O)Nc1cc(Cl)ccc1C)S(C)(=O)=O. The highest BCUT2D eigenvalue weighted by molar-refractivity contribution is 7.92. The molecule has 8 heteroatoms. The summed E-state index contributed by atoms with van der Waals surface area (Å²) in [6.45, 7) is 4.31. The maximum atomic E-state index is 12.3. The molecule has 0 fully saturated rings. The molecule has 0 saturated carbocycles. The molecular weight excluding hydrogens is 400 g/mol. The average Bonchev–Trinajstić information content (AvgIpc) is 2.62. The van der Waals surface area contributed by atoms with E-state index < -0.39 is 10.0 Å². The van der Waals surface area contributed by atoms with Crippen LogP contribution in [0.2, 0.25) is 5.02 Å². The first-order valence-corrected chi connectivity index (χ1v) is 11.2. The Hall–Kier alpha value is -2.25. The molecule has 0 heterocycles. The molecule has 1 N–H and O–H groups in total. The molecule has 2 rings (SSSR count). The van der Waals surface area contributed by atoms with E-state index in [2.05, 4.69) is 5.32 Å². The predicted molar refractivity (Wildman–Crippen MR) is 114 cm³/mol. The van der Waals surface area contributed by atoms with Crippen molar-refractivity contribution in [2.75, 3.05) is 29.0 Å². The van der Waals surface area contributed by atoms with E-state index in [-0.39, 0.29) is 18.9 Å². The molecule has 1 amide bonds. The standard InChI is InChI=1S/C20H25ClN2O4S/c1-4-27-19-9-6-5-8-18(19)23(28(3,25)26)13-7-10-20(24)22-17-14-16(21)12-11-15(17)2/h5-6,8-9,11-12,14H,4,7,10,13H2,1-3H3,(H,22,24). The van der Waals surface area contributed by atoms with Gasteiger partial charge in [0.1, 0.15) is 5.75 Å². The smallest absolute Gasteiger partial charge is 0.232 e. The van der Waals surface area contributed by atoms with Crippen molar-refractivity contribution < 1.29 is 17.9 Å². The van der Waals surface area contributed by atoms with Gasteiger partial charge in [-0.2, -0.15) is 0 Å². The Morgan fingerprint density at radius 1 is 1.21 bits per heavy atom. The number of carbonyl (C=O) groups is 1. The lowest BCUT2D eigenvalue weighted by molar-refractivity contribution is -0.116. The summed E-state index contributed by atoms with van der Waals surface area (Å²) >= 11 is 5.97. The van der Waals surface area contributed by atoms with E-state index in [1.807, 2.05) is 19.9 Å². The van der Waals surface area contributed by atoms with Gasteiger partial charge in [-0.25, -0.2) is 8.42 Å². The van der Waals surface area contributed by atoms with Gasteiger partial charge in [-0.3, -0.25) is 9.10 Å². The van der Waals surface area contributed by atoms with Crippen molar-refractivity contribution in [1.29, 1.82) is 0 Å². The molecule has 2 aromatic rings. The third-order valence-electron chi connectivity index (χ3n) is 4.07. The van der Waals surface area contributed by atoms with Gasteiger partial charge >= 0.3 is 0 Å². The quantitative estimate of drug-likeness (QED) is 0.653. The van der Waals surface area contributed by atoms with E-state index in [0.717, 1.165) is 11.8 Å². The van der Waals surface area contributed by atoms with E-state index in [1.165, 1.54) is 4.31 Å². The van der Waals surface area contributed by atoms with Gasteiger partial charge in [-0.05, 0) is 50.1 Å². The van der Waals surface area contributed by atoms with E-state index in [9.17, 15) is 13.2 Å². The summed E-state index contributed by atoms with van der Waals surface area (Å²) in [4.78, 5) is 12.3. The van der Waals surface area contributed by atoms with E-state index in [1.54, 1.807) is 36.4 Å². The molecule has 0 aliphatic heterocycles. The first-order chi connectivity index (χ1) is 13.2. The van der Waals surface area contributed by atoms with Crippen LogP contribution in [0, 0.1) is 6.92 Å². The number of carbonyl (C=O) groups excluding carboxylic acids is 1. The van der Waals surface area contributed by atoms with Gasteiger partial charge in [0, 0.05) is 23.7 Å². The summed E-state index contributed by atoms with van der Waals surface area (Å²) in [5.41, 5.74) is 2.03. The lowest BCUT2D eigenvalue weighted by Gasteiger charge is -2.24. The Morgan fingerprint density at radius 3 is 2.61 bits per heavy atom. The molecule has 0 saturated heterocycles. The van der Waals surface area contributed by atoms with Crippen molar-refractivity contribution >= 4 is 38.9 Å². The number of halogens is 1. The number of sulfonamides is 1. The zero-order valence-corrected chi connectivity index (χ0v) is 17.8. The number of hydrogen-bond acceptors (Lipinski definition) is 4. The highest BCUT2D eigenvalue weighted by Crippen LogP contribution is 2.30. The second-order valence-corrected chi connectivity index (χ2v) is 8.69. The van der Waals surface area contributed by atoms with Crippen LogP contribution < -0.4 is 14.4 Å². The van der Waals surface area contributed by atoms with Crippen molar-refractivity contribution in [2.24, 2.45) is 0 Å². The van der Waals surface area contributed by atoms with Gasteiger partial charge in [0.05, 0.1) is 18.6 Å². The molecular formula is C20H25ClN2O4S. The van der Waals surface area contributed by atoms with Gasteiger partial charge in [0.25, 0.3) is 0 Å². The van der Waals surface area contributed by atoms with Crippen molar-refractivity contribution in [1.82, 2.24) is 0 Å². The van der Waals surface area contributed by atoms with Crippen molar-refractivity contribution in [3.63, 3.8) is 0 Å². The number of aryl methyl sites for hydroxylation is 1. The molecule has 0 radical (unpaired) electrons. The highest BCUT2D eigenvalue weighted by Gasteiger charge is 2.21. The van der Waals surface area contributed by atoms with Crippen LogP contribution in [0.4, 0.5) is 11.4 Å². The van der Waals surface area contributed by atoms with Crippen LogP contribution >= 0.6 is 11.6 Å². The van der Waals surface area contributed by atoms with Gasteiger partial charge in [-0.1, -0.05) is 29.8 Å². The Bertz CT molecular complexity index is 932. The number of rotatable bonds is 9. The lowest BCUT2D eigenvalue weighted by Crippen LogP contribution is -2.32. The number of nitrogens with one attached hydrogen (secondary N) is 1. The third-order valence-corrected chi connectivity index (χ3v) is 5.49. The second-order valence-electron chi connectivity index (χ2n) is 6.35. The fourth-order valence-electron chi connectivity index (χ4n) is 2.73. The normalized spacial score (nSPS) is 11.1. The summed E-state index contributed by atoms with van der Waals surface area (Å²) in [7, 11) is -3.52. The molecule has 0 aliphatic rings. The van der Waals surface area contributed by atoms with Crippen LogP contribution in [0.1, 0.15) is 25.3 Å². The molecule has 28 heavy (non-hydrogen) atoms. The Labute approximate surface area is 171 Å². The molecule has 0 atom stereocenters. The molecule has 6 nitrogen and oxygen atoms in total.